The van der Waals surface area contributed by atoms with Gasteiger partial charge in [-0.15, -0.1) is 12.6 Å². The summed E-state index contributed by atoms with van der Waals surface area (Å²) in [4.78, 5) is 2.38. The maximum atomic E-state index is 4.79. The number of benzene rings is 1. The molecule has 102 valence electrons. The molecule has 0 aromatic heterocycles. The smallest absolute Gasteiger partial charge is 0.135 e. The molecule has 0 unspecified atom stereocenters. The summed E-state index contributed by atoms with van der Waals surface area (Å²) in [5, 5.41) is 2.96. The van der Waals surface area contributed by atoms with Crippen molar-refractivity contribution in [3.63, 3.8) is 0 Å². The van der Waals surface area contributed by atoms with Gasteiger partial charge in [-0.05, 0) is 54.4 Å². The molecule has 0 aliphatic rings. The number of rotatable bonds is 4. The van der Waals surface area contributed by atoms with E-state index < -0.39 is 0 Å². The van der Waals surface area contributed by atoms with Crippen LogP contribution < -0.4 is 5.32 Å². The molecule has 18 heavy (non-hydrogen) atoms. The van der Waals surface area contributed by atoms with Gasteiger partial charge in [0.1, 0.15) is 4.32 Å². The topological polar surface area (TPSA) is 15.3 Å². The monoisotopic (exact) mass is 396 g/mol. The summed E-state index contributed by atoms with van der Waals surface area (Å²) in [6, 6.07) is 7.91. The Hall–Kier alpha value is 0.150. The van der Waals surface area contributed by atoms with E-state index in [0.29, 0.717) is 4.32 Å². The van der Waals surface area contributed by atoms with Crippen molar-refractivity contribution in [1.29, 1.82) is 0 Å². The minimum Gasteiger partial charge on any atom is -0.341 e. The molecule has 1 N–H and O–H groups in total. The van der Waals surface area contributed by atoms with E-state index in [1.165, 1.54) is 19.6 Å². The van der Waals surface area contributed by atoms with E-state index in [0.717, 1.165) is 9.26 Å². The summed E-state index contributed by atoms with van der Waals surface area (Å²) < 4.78 is 1.63. The molecule has 0 amide bonds. The first-order chi connectivity index (χ1) is 8.54. The third-order valence-corrected chi connectivity index (χ3v) is 3.61. The van der Waals surface area contributed by atoms with Gasteiger partial charge in [0.2, 0.25) is 0 Å². The van der Waals surface area contributed by atoms with Crippen molar-refractivity contribution in [3.8, 4) is 0 Å². The Morgan fingerprint density at radius 3 is 2.06 bits per heavy atom. The lowest BCUT2D eigenvalue weighted by Gasteiger charge is -2.13. The third-order valence-electron chi connectivity index (χ3n) is 2.46. The average Bonchev–Trinajstić information content (AvgIpc) is 2.35. The lowest BCUT2D eigenvalue weighted by atomic mass is 10.3. The second kappa shape index (κ2) is 11.0. The van der Waals surface area contributed by atoms with Crippen LogP contribution in [0.25, 0.3) is 0 Å². The van der Waals surface area contributed by atoms with Crippen LogP contribution in [0.1, 0.15) is 20.8 Å². The molecule has 0 bridgehead atoms. The van der Waals surface area contributed by atoms with E-state index in [9.17, 15) is 0 Å². The predicted octanol–water partition coefficient (Wildman–Crippen LogP) is 4.27. The first kappa shape index (κ1) is 18.1. The number of halogens is 1. The van der Waals surface area contributed by atoms with Crippen LogP contribution in [0.3, 0.4) is 0 Å². The number of anilines is 1. The Morgan fingerprint density at radius 1 is 1.22 bits per heavy atom. The van der Waals surface area contributed by atoms with Gasteiger partial charge in [0.05, 0.1) is 5.69 Å². The minimum atomic E-state index is 0.495. The van der Waals surface area contributed by atoms with Crippen LogP contribution in [-0.2, 0) is 0 Å². The van der Waals surface area contributed by atoms with Crippen LogP contribution in [0.15, 0.2) is 24.3 Å². The summed E-state index contributed by atoms with van der Waals surface area (Å²) in [6.45, 7) is 10.1. The molecule has 0 aliphatic heterocycles. The zero-order valence-electron chi connectivity index (χ0n) is 11.1. The zero-order valence-corrected chi connectivity index (χ0v) is 15.0. The molecular formula is C13H21IN2S2. The quantitative estimate of drug-likeness (QED) is 0.449. The molecule has 2 nitrogen and oxygen atoms in total. The van der Waals surface area contributed by atoms with Crippen molar-refractivity contribution in [2.45, 2.75) is 20.8 Å². The molecule has 0 saturated heterocycles. The van der Waals surface area contributed by atoms with Gasteiger partial charge in [-0.1, -0.05) is 45.1 Å². The van der Waals surface area contributed by atoms with Crippen molar-refractivity contribution in [2.75, 3.05) is 25.0 Å². The fourth-order valence-corrected chi connectivity index (χ4v) is 2.10. The predicted molar refractivity (Wildman–Crippen MR) is 97.8 cm³/mol. The second-order valence-corrected chi connectivity index (χ2v) is 5.85. The molecule has 0 atom stereocenters. The highest BCUT2D eigenvalue weighted by molar-refractivity contribution is 14.1. The lowest BCUT2D eigenvalue weighted by Crippen LogP contribution is -2.21. The summed E-state index contributed by atoms with van der Waals surface area (Å²) >= 11 is 11.0. The SMILES string of the molecule is CCN(CC)CC.S=C(S)Nc1ccccc1I. The van der Waals surface area contributed by atoms with Crippen molar-refractivity contribution >= 4 is 57.4 Å². The van der Waals surface area contributed by atoms with E-state index in [2.05, 4.69) is 66.2 Å². The van der Waals surface area contributed by atoms with Gasteiger partial charge in [-0.2, -0.15) is 0 Å². The van der Waals surface area contributed by atoms with Gasteiger partial charge in [0.25, 0.3) is 0 Å². The normalized spacial score (nSPS) is 9.67. The molecule has 1 aromatic carbocycles. The number of hydrogen-bond donors (Lipinski definition) is 2. The Bertz CT molecular complexity index is 349. The zero-order chi connectivity index (χ0) is 14.0. The van der Waals surface area contributed by atoms with Crippen molar-refractivity contribution in [1.82, 2.24) is 4.90 Å². The van der Waals surface area contributed by atoms with E-state index in [1.807, 2.05) is 24.3 Å². The van der Waals surface area contributed by atoms with Crippen LogP contribution >= 0.6 is 47.4 Å². The van der Waals surface area contributed by atoms with Gasteiger partial charge in [-0.3, -0.25) is 0 Å². The van der Waals surface area contributed by atoms with Gasteiger partial charge < -0.3 is 10.2 Å². The van der Waals surface area contributed by atoms with E-state index >= 15 is 0 Å². The Balaban J connectivity index is 0.000000360. The van der Waals surface area contributed by atoms with Crippen LogP contribution in [0.2, 0.25) is 0 Å². The first-order valence-corrected chi connectivity index (χ1v) is 7.95. The Morgan fingerprint density at radius 2 is 1.72 bits per heavy atom. The molecular weight excluding hydrogens is 375 g/mol. The molecule has 0 saturated carbocycles. The van der Waals surface area contributed by atoms with Crippen LogP contribution in [0.4, 0.5) is 5.69 Å². The van der Waals surface area contributed by atoms with Gasteiger partial charge >= 0.3 is 0 Å². The van der Waals surface area contributed by atoms with Crippen molar-refractivity contribution in [3.05, 3.63) is 27.8 Å². The van der Waals surface area contributed by atoms with E-state index in [1.54, 1.807) is 0 Å². The standard InChI is InChI=1S/C7H6INS2.C6H15N/c8-5-3-1-2-4-6(5)9-7(10)11;1-4-7(5-2)6-3/h1-4H,(H2,9,10,11);4-6H2,1-3H3. The molecule has 0 radical (unpaired) electrons. The molecule has 0 fully saturated rings. The first-order valence-electron chi connectivity index (χ1n) is 6.01. The molecule has 0 aliphatic carbocycles. The number of nitrogens with zero attached hydrogens (tertiary/aromatic N) is 1. The van der Waals surface area contributed by atoms with Crippen LogP contribution in [-0.4, -0.2) is 28.9 Å². The summed E-state index contributed by atoms with van der Waals surface area (Å²) in [7, 11) is 0. The Labute approximate surface area is 135 Å². The third kappa shape index (κ3) is 8.29. The van der Waals surface area contributed by atoms with Crippen molar-refractivity contribution < 1.29 is 0 Å². The van der Waals surface area contributed by atoms with Gasteiger partial charge in [-0.25, -0.2) is 0 Å². The highest BCUT2D eigenvalue weighted by atomic mass is 127. The average molecular weight is 396 g/mol. The molecule has 1 rings (SSSR count). The number of thiocarbonyl (C=S) groups is 1. The van der Waals surface area contributed by atoms with Gasteiger partial charge in [0, 0.05) is 3.57 Å². The lowest BCUT2D eigenvalue weighted by molar-refractivity contribution is 0.321. The van der Waals surface area contributed by atoms with Gasteiger partial charge in [0.15, 0.2) is 0 Å². The van der Waals surface area contributed by atoms with Crippen LogP contribution in [0.5, 0.6) is 0 Å². The maximum Gasteiger partial charge on any atom is 0.135 e. The molecule has 0 spiro atoms. The fraction of sp³-hybridized carbons (Fsp3) is 0.462. The maximum absolute atomic E-state index is 4.79. The highest BCUT2D eigenvalue weighted by Gasteiger charge is 1.96. The molecule has 0 heterocycles. The summed E-state index contributed by atoms with van der Waals surface area (Å²) in [6.07, 6.45) is 0. The van der Waals surface area contributed by atoms with E-state index in [-0.39, 0.29) is 0 Å². The minimum absolute atomic E-state index is 0.495. The fourth-order valence-electron chi connectivity index (χ4n) is 1.35. The van der Waals surface area contributed by atoms with E-state index in [4.69, 9.17) is 12.2 Å². The molecule has 5 heteroatoms. The number of para-hydroxylation sites is 1. The number of hydrogen-bond acceptors (Lipinski definition) is 2. The molecule has 1 aromatic rings. The largest absolute Gasteiger partial charge is 0.341 e. The summed E-state index contributed by atoms with van der Waals surface area (Å²) in [5.41, 5.74) is 1.01. The Kier molecular flexibility index (Phi) is 11.1. The van der Waals surface area contributed by atoms with Crippen molar-refractivity contribution in [2.24, 2.45) is 0 Å². The second-order valence-electron chi connectivity index (χ2n) is 3.53. The summed E-state index contributed by atoms with van der Waals surface area (Å²) in [5.74, 6) is 0. The van der Waals surface area contributed by atoms with Crippen LogP contribution in [0, 0.1) is 3.57 Å². The number of nitrogens with one attached hydrogen (secondary N) is 1. The number of thiol groups is 1. The highest BCUT2D eigenvalue weighted by Crippen LogP contribution is 2.17.